The van der Waals surface area contributed by atoms with Crippen molar-refractivity contribution in [2.75, 3.05) is 20.2 Å². The first-order valence-electron chi connectivity index (χ1n) is 3.57. The second-order valence-electron chi connectivity index (χ2n) is 2.68. The number of ether oxygens (including phenoxy) is 1. The Morgan fingerprint density at radius 3 is 2.54 bits per heavy atom. The third kappa shape index (κ3) is 2.29. The Morgan fingerprint density at radius 1 is 1.62 bits per heavy atom. The minimum atomic E-state index is -3.74. The summed E-state index contributed by atoms with van der Waals surface area (Å²) >= 11 is 0. The fourth-order valence-electron chi connectivity index (χ4n) is 0.877. The van der Waals surface area contributed by atoms with E-state index < -0.39 is 16.3 Å². The van der Waals surface area contributed by atoms with Crippen LogP contribution in [0, 0.1) is 0 Å². The summed E-state index contributed by atoms with van der Waals surface area (Å²) < 4.78 is 29.3. The topological polar surface area (TPSA) is 102 Å². The van der Waals surface area contributed by atoms with Gasteiger partial charge in [-0.1, -0.05) is 0 Å². The van der Waals surface area contributed by atoms with Crippen LogP contribution in [0.15, 0.2) is 0 Å². The molecule has 0 aromatic carbocycles. The first kappa shape index (κ1) is 10.2. The summed E-state index contributed by atoms with van der Waals surface area (Å²) in [5, 5.41) is 0. The molecule has 1 amide bonds. The molecule has 0 aromatic rings. The van der Waals surface area contributed by atoms with Gasteiger partial charge in [0.2, 0.25) is 0 Å². The van der Waals surface area contributed by atoms with Crippen molar-refractivity contribution in [3.63, 3.8) is 0 Å². The molecule has 7 nitrogen and oxygen atoms in total. The molecule has 8 heteroatoms. The van der Waals surface area contributed by atoms with Crippen LogP contribution in [0.1, 0.15) is 0 Å². The number of nitrogens with one attached hydrogen (secondary N) is 1. The lowest BCUT2D eigenvalue weighted by Gasteiger charge is -2.34. The first-order chi connectivity index (χ1) is 5.95. The molecule has 3 N–H and O–H groups in total. The molecule has 1 fully saturated rings. The van der Waals surface area contributed by atoms with Crippen molar-refractivity contribution in [1.29, 1.82) is 0 Å². The SMILES string of the molecule is COC(=O)NS(=O)(=O)N1CC(N)C1. The predicted molar refractivity (Wildman–Crippen MR) is 44.0 cm³/mol. The van der Waals surface area contributed by atoms with Gasteiger partial charge in [-0.3, -0.25) is 0 Å². The maximum Gasteiger partial charge on any atom is 0.421 e. The van der Waals surface area contributed by atoms with E-state index in [1.54, 1.807) is 4.72 Å². The van der Waals surface area contributed by atoms with Crippen LogP contribution in [-0.2, 0) is 14.9 Å². The van der Waals surface area contributed by atoms with E-state index in [1.165, 1.54) is 0 Å². The summed E-state index contributed by atoms with van der Waals surface area (Å²) in [7, 11) is -2.65. The lowest BCUT2D eigenvalue weighted by atomic mass is 10.2. The molecule has 76 valence electrons. The molecule has 0 bridgehead atoms. The van der Waals surface area contributed by atoms with Crippen molar-refractivity contribution in [3.8, 4) is 0 Å². The molecule has 1 aliphatic heterocycles. The van der Waals surface area contributed by atoms with E-state index in [9.17, 15) is 13.2 Å². The van der Waals surface area contributed by atoms with E-state index in [0.717, 1.165) is 11.4 Å². The van der Waals surface area contributed by atoms with Gasteiger partial charge in [0.15, 0.2) is 0 Å². The highest BCUT2D eigenvalue weighted by molar-refractivity contribution is 7.87. The Hall–Kier alpha value is -0.860. The fourth-order valence-corrected chi connectivity index (χ4v) is 2.08. The maximum absolute atomic E-state index is 11.2. The Kier molecular flexibility index (Phi) is 2.74. The fraction of sp³-hybridized carbons (Fsp3) is 0.800. The number of carbonyl (C=O) groups is 1. The summed E-state index contributed by atoms with van der Waals surface area (Å²) in [5.74, 6) is 0. The predicted octanol–water partition coefficient (Wildman–Crippen LogP) is -1.77. The molecule has 1 heterocycles. The monoisotopic (exact) mass is 209 g/mol. The maximum atomic E-state index is 11.2. The molecule has 1 aliphatic rings. The van der Waals surface area contributed by atoms with Crippen molar-refractivity contribution >= 4 is 16.3 Å². The van der Waals surface area contributed by atoms with Crippen LogP contribution in [0.5, 0.6) is 0 Å². The van der Waals surface area contributed by atoms with Gasteiger partial charge in [0.25, 0.3) is 0 Å². The number of methoxy groups -OCH3 is 1. The summed E-state index contributed by atoms with van der Waals surface area (Å²) in [6.45, 7) is 0.457. The highest BCUT2D eigenvalue weighted by Gasteiger charge is 2.34. The van der Waals surface area contributed by atoms with Gasteiger partial charge < -0.3 is 10.5 Å². The molecular weight excluding hydrogens is 198 g/mol. The van der Waals surface area contributed by atoms with Crippen LogP contribution >= 0.6 is 0 Å². The molecule has 0 saturated carbocycles. The van der Waals surface area contributed by atoms with Crippen molar-refractivity contribution in [3.05, 3.63) is 0 Å². The van der Waals surface area contributed by atoms with Crippen molar-refractivity contribution in [2.24, 2.45) is 5.73 Å². The number of rotatable bonds is 2. The molecule has 1 saturated heterocycles. The highest BCUT2D eigenvalue weighted by Crippen LogP contribution is 2.09. The summed E-state index contributed by atoms with van der Waals surface area (Å²) in [6.07, 6.45) is -1.000. The van der Waals surface area contributed by atoms with Crippen LogP contribution in [0.25, 0.3) is 0 Å². The lowest BCUT2D eigenvalue weighted by molar-refractivity contribution is 0.175. The first-order valence-corrected chi connectivity index (χ1v) is 5.01. The normalized spacial score (nSPS) is 19.2. The molecule has 0 aromatic heterocycles. The van der Waals surface area contributed by atoms with Crippen molar-refractivity contribution < 1.29 is 17.9 Å². The summed E-state index contributed by atoms with van der Waals surface area (Å²) in [6, 6.07) is -0.144. The molecule has 0 unspecified atom stereocenters. The van der Waals surface area contributed by atoms with Crippen LogP contribution in [0.3, 0.4) is 0 Å². The highest BCUT2D eigenvalue weighted by atomic mass is 32.2. The number of amides is 1. The average molecular weight is 209 g/mol. The van der Waals surface area contributed by atoms with E-state index in [0.29, 0.717) is 0 Å². The molecule has 0 spiro atoms. The van der Waals surface area contributed by atoms with Gasteiger partial charge in [-0.15, -0.1) is 0 Å². The van der Waals surface area contributed by atoms with Gasteiger partial charge in [0.05, 0.1) is 7.11 Å². The van der Waals surface area contributed by atoms with Gasteiger partial charge in [0, 0.05) is 19.1 Å². The van der Waals surface area contributed by atoms with Gasteiger partial charge in [-0.25, -0.2) is 9.52 Å². The molecule has 0 radical (unpaired) electrons. The van der Waals surface area contributed by atoms with Crippen LogP contribution in [0.2, 0.25) is 0 Å². The van der Waals surface area contributed by atoms with Gasteiger partial charge in [0.1, 0.15) is 0 Å². The number of nitrogens with zero attached hydrogens (tertiary/aromatic N) is 1. The summed E-state index contributed by atoms with van der Waals surface area (Å²) in [4.78, 5) is 10.6. The number of hydrogen-bond acceptors (Lipinski definition) is 5. The Labute approximate surface area is 76.0 Å². The molecule has 0 aliphatic carbocycles. The third-order valence-electron chi connectivity index (χ3n) is 1.61. The summed E-state index contributed by atoms with van der Waals surface area (Å²) in [5.41, 5.74) is 5.38. The van der Waals surface area contributed by atoms with Gasteiger partial charge in [-0.2, -0.15) is 12.7 Å². The van der Waals surface area contributed by atoms with E-state index in [4.69, 9.17) is 5.73 Å². The zero-order chi connectivity index (χ0) is 10.1. The Bertz CT molecular complexity index is 295. The quantitative estimate of drug-likeness (QED) is 0.560. The minimum absolute atomic E-state index is 0.144. The second kappa shape index (κ2) is 3.48. The van der Waals surface area contributed by atoms with Crippen LogP contribution in [0.4, 0.5) is 4.79 Å². The number of nitrogens with two attached hydrogens (primary N) is 1. The van der Waals surface area contributed by atoms with E-state index in [-0.39, 0.29) is 19.1 Å². The Balaban J connectivity index is 2.52. The molecule has 13 heavy (non-hydrogen) atoms. The number of hydrogen-bond donors (Lipinski definition) is 2. The zero-order valence-electron chi connectivity index (χ0n) is 7.06. The Morgan fingerprint density at radius 2 is 2.15 bits per heavy atom. The minimum Gasteiger partial charge on any atom is -0.452 e. The molecule has 1 rings (SSSR count). The van der Waals surface area contributed by atoms with Crippen LogP contribution in [-0.4, -0.2) is 45.1 Å². The lowest BCUT2D eigenvalue weighted by Crippen LogP contribution is -2.60. The molecule has 0 atom stereocenters. The largest absolute Gasteiger partial charge is 0.452 e. The van der Waals surface area contributed by atoms with Crippen molar-refractivity contribution in [2.45, 2.75) is 6.04 Å². The van der Waals surface area contributed by atoms with Crippen molar-refractivity contribution in [1.82, 2.24) is 9.03 Å². The van der Waals surface area contributed by atoms with E-state index in [2.05, 4.69) is 4.74 Å². The van der Waals surface area contributed by atoms with Crippen LogP contribution < -0.4 is 10.5 Å². The average Bonchev–Trinajstić information content (AvgIpc) is 1.97. The molecular formula is C5H11N3O4S. The van der Waals surface area contributed by atoms with Gasteiger partial charge in [-0.05, 0) is 0 Å². The van der Waals surface area contributed by atoms with E-state index >= 15 is 0 Å². The standard InChI is InChI=1S/C5H11N3O4S/c1-12-5(9)7-13(10,11)8-2-4(6)3-8/h4H,2-3,6H2,1H3,(H,7,9). The smallest absolute Gasteiger partial charge is 0.421 e. The number of carbonyl (C=O) groups excluding carboxylic acids is 1. The third-order valence-corrected chi connectivity index (χ3v) is 3.02. The van der Waals surface area contributed by atoms with E-state index in [1.807, 2.05) is 0 Å². The van der Waals surface area contributed by atoms with Gasteiger partial charge >= 0.3 is 16.3 Å². The second-order valence-corrected chi connectivity index (χ2v) is 4.35. The zero-order valence-corrected chi connectivity index (χ0v) is 7.87.